The van der Waals surface area contributed by atoms with Crippen LogP contribution in [0.2, 0.25) is 0 Å². The molecule has 2 heterocycles. The van der Waals surface area contributed by atoms with Crippen molar-refractivity contribution in [2.24, 2.45) is 0 Å². The zero-order valence-electron chi connectivity index (χ0n) is 12.9. The lowest BCUT2D eigenvalue weighted by atomic mass is 10.1. The van der Waals surface area contributed by atoms with Crippen molar-refractivity contribution in [1.29, 1.82) is 0 Å². The number of rotatable bonds is 3. The minimum absolute atomic E-state index is 0.261. The van der Waals surface area contributed by atoms with Gasteiger partial charge in [-0.1, -0.05) is 30.3 Å². The Kier molecular flexibility index (Phi) is 3.63. The Morgan fingerprint density at radius 3 is 2.62 bits per heavy atom. The molecule has 0 aliphatic heterocycles. The van der Waals surface area contributed by atoms with Crippen LogP contribution in [0.15, 0.2) is 64.4 Å². The van der Waals surface area contributed by atoms with Gasteiger partial charge >= 0.3 is 0 Å². The average Bonchev–Trinajstić information content (AvgIpc) is 3.21. The van der Waals surface area contributed by atoms with Gasteiger partial charge in [-0.25, -0.2) is 4.98 Å². The first-order chi connectivity index (χ1) is 11.7. The van der Waals surface area contributed by atoms with E-state index >= 15 is 0 Å². The van der Waals surface area contributed by atoms with Gasteiger partial charge in [-0.05, 0) is 31.2 Å². The standard InChI is InChI=1S/C19H14N2O2S/c1-12-20-16(11-24-12)13-6-8-15(9-7-13)21-19(22)18-10-14-4-2-3-5-17(14)23-18/h2-11H,1H3,(H,21,22). The van der Waals surface area contributed by atoms with Crippen LogP contribution in [-0.2, 0) is 0 Å². The number of thiazole rings is 1. The predicted molar refractivity (Wildman–Crippen MR) is 96.5 cm³/mol. The van der Waals surface area contributed by atoms with Crippen LogP contribution in [0.3, 0.4) is 0 Å². The molecule has 0 radical (unpaired) electrons. The van der Waals surface area contributed by atoms with Gasteiger partial charge in [-0.2, -0.15) is 0 Å². The molecule has 0 atom stereocenters. The average molecular weight is 334 g/mol. The molecule has 1 N–H and O–H groups in total. The molecule has 2 aromatic heterocycles. The van der Waals surface area contributed by atoms with Crippen LogP contribution in [0.1, 0.15) is 15.6 Å². The Bertz CT molecular complexity index is 982. The highest BCUT2D eigenvalue weighted by atomic mass is 32.1. The first-order valence-electron chi connectivity index (χ1n) is 7.51. The number of nitrogens with zero attached hydrogens (tertiary/aromatic N) is 1. The number of benzene rings is 2. The van der Waals surface area contributed by atoms with Crippen molar-refractivity contribution in [2.75, 3.05) is 5.32 Å². The maximum Gasteiger partial charge on any atom is 0.291 e. The van der Waals surface area contributed by atoms with Gasteiger partial charge in [0.2, 0.25) is 0 Å². The molecule has 4 nitrogen and oxygen atoms in total. The number of aromatic nitrogens is 1. The fourth-order valence-corrected chi connectivity index (χ4v) is 3.13. The molecular weight excluding hydrogens is 320 g/mol. The van der Waals surface area contributed by atoms with Crippen LogP contribution in [0.4, 0.5) is 5.69 Å². The monoisotopic (exact) mass is 334 g/mol. The van der Waals surface area contributed by atoms with Crippen molar-refractivity contribution in [3.05, 3.63) is 70.7 Å². The van der Waals surface area contributed by atoms with E-state index in [-0.39, 0.29) is 5.91 Å². The molecule has 0 aliphatic carbocycles. The van der Waals surface area contributed by atoms with Gasteiger partial charge in [0.25, 0.3) is 5.91 Å². The minimum Gasteiger partial charge on any atom is -0.451 e. The van der Waals surface area contributed by atoms with E-state index in [1.165, 1.54) is 0 Å². The van der Waals surface area contributed by atoms with Crippen LogP contribution in [-0.4, -0.2) is 10.9 Å². The summed E-state index contributed by atoms with van der Waals surface area (Å²) in [5, 5.41) is 6.83. The van der Waals surface area contributed by atoms with Crippen molar-refractivity contribution in [2.45, 2.75) is 6.92 Å². The van der Waals surface area contributed by atoms with Gasteiger partial charge in [-0.3, -0.25) is 4.79 Å². The number of amides is 1. The van der Waals surface area contributed by atoms with Gasteiger partial charge in [0.15, 0.2) is 5.76 Å². The second kappa shape index (κ2) is 5.94. The number of hydrogen-bond acceptors (Lipinski definition) is 4. The smallest absolute Gasteiger partial charge is 0.291 e. The fraction of sp³-hybridized carbons (Fsp3) is 0.0526. The Hall–Kier alpha value is -2.92. The lowest BCUT2D eigenvalue weighted by molar-refractivity contribution is 0.0998. The summed E-state index contributed by atoms with van der Waals surface area (Å²) in [5.74, 6) is 0.0406. The molecule has 0 saturated heterocycles. The third-order valence-electron chi connectivity index (χ3n) is 3.71. The van der Waals surface area contributed by atoms with Gasteiger partial charge < -0.3 is 9.73 Å². The highest BCUT2D eigenvalue weighted by Crippen LogP contribution is 2.24. The van der Waals surface area contributed by atoms with Crippen molar-refractivity contribution in [3.8, 4) is 11.3 Å². The molecule has 0 unspecified atom stereocenters. The van der Waals surface area contributed by atoms with E-state index in [4.69, 9.17) is 4.42 Å². The first-order valence-corrected chi connectivity index (χ1v) is 8.39. The Morgan fingerprint density at radius 1 is 1.12 bits per heavy atom. The van der Waals surface area contributed by atoms with E-state index in [9.17, 15) is 4.79 Å². The maximum atomic E-state index is 12.3. The normalized spacial score (nSPS) is 10.9. The maximum absolute atomic E-state index is 12.3. The molecule has 0 aliphatic rings. The second-order valence-corrected chi connectivity index (χ2v) is 6.49. The Labute approximate surface area is 142 Å². The summed E-state index contributed by atoms with van der Waals surface area (Å²) in [5.41, 5.74) is 3.40. The minimum atomic E-state index is -0.261. The number of fused-ring (bicyclic) bond motifs is 1. The van der Waals surface area contributed by atoms with Crippen molar-refractivity contribution >= 4 is 33.9 Å². The Morgan fingerprint density at radius 2 is 1.92 bits per heavy atom. The van der Waals surface area contributed by atoms with Crippen LogP contribution in [0, 0.1) is 6.92 Å². The summed E-state index contributed by atoms with van der Waals surface area (Å²) in [6.07, 6.45) is 0. The van der Waals surface area contributed by atoms with Gasteiger partial charge in [-0.15, -0.1) is 11.3 Å². The van der Waals surface area contributed by atoms with Crippen LogP contribution in [0.5, 0.6) is 0 Å². The highest BCUT2D eigenvalue weighted by molar-refractivity contribution is 7.09. The second-order valence-electron chi connectivity index (χ2n) is 5.43. The summed E-state index contributed by atoms with van der Waals surface area (Å²) < 4.78 is 5.58. The number of para-hydroxylation sites is 1. The highest BCUT2D eigenvalue weighted by Gasteiger charge is 2.12. The largest absolute Gasteiger partial charge is 0.451 e. The van der Waals surface area contributed by atoms with E-state index in [0.717, 1.165) is 27.3 Å². The van der Waals surface area contributed by atoms with E-state index < -0.39 is 0 Å². The molecule has 0 spiro atoms. The lowest BCUT2D eigenvalue weighted by Crippen LogP contribution is -2.10. The van der Waals surface area contributed by atoms with Crippen LogP contribution >= 0.6 is 11.3 Å². The molecule has 4 rings (SSSR count). The number of carbonyl (C=O) groups is 1. The summed E-state index contributed by atoms with van der Waals surface area (Å²) >= 11 is 1.62. The zero-order chi connectivity index (χ0) is 16.5. The van der Waals surface area contributed by atoms with Crippen molar-refractivity contribution in [3.63, 3.8) is 0 Å². The first kappa shape index (κ1) is 14.7. The Balaban J connectivity index is 1.53. The molecule has 0 fully saturated rings. The number of nitrogens with one attached hydrogen (secondary N) is 1. The molecule has 24 heavy (non-hydrogen) atoms. The van der Waals surface area contributed by atoms with E-state index in [1.807, 2.05) is 60.8 Å². The predicted octanol–water partition coefficient (Wildman–Crippen LogP) is 5.12. The van der Waals surface area contributed by atoms with E-state index in [0.29, 0.717) is 11.3 Å². The number of furan rings is 1. The molecular formula is C19H14N2O2S. The lowest BCUT2D eigenvalue weighted by Gasteiger charge is -2.04. The quantitative estimate of drug-likeness (QED) is 0.566. The van der Waals surface area contributed by atoms with Crippen molar-refractivity contribution < 1.29 is 9.21 Å². The van der Waals surface area contributed by atoms with Gasteiger partial charge in [0.1, 0.15) is 5.58 Å². The molecule has 1 amide bonds. The fourth-order valence-electron chi connectivity index (χ4n) is 2.51. The van der Waals surface area contributed by atoms with E-state index in [2.05, 4.69) is 10.3 Å². The SMILES string of the molecule is Cc1nc(-c2ccc(NC(=O)c3cc4ccccc4o3)cc2)cs1. The van der Waals surface area contributed by atoms with Gasteiger partial charge in [0, 0.05) is 22.0 Å². The molecule has 118 valence electrons. The molecule has 4 aromatic rings. The van der Waals surface area contributed by atoms with Crippen LogP contribution in [0.25, 0.3) is 22.2 Å². The number of carbonyl (C=O) groups excluding carboxylic acids is 1. The summed E-state index contributed by atoms with van der Waals surface area (Å²) in [6.45, 7) is 1.98. The third kappa shape index (κ3) is 2.81. The van der Waals surface area contributed by atoms with Gasteiger partial charge in [0.05, 0.1) is 10.7 Å². The molecule has 0 saturated carbocycles. The molecule has 5 heteroatoms. The number of anilines is 1. The molecule has 2 aromatic carbocycles. The summed E-state index contributed by atoms with van der Waals surface area (Å²) in [6, 6.07) is 16.9. The molecule has 0 bridgehead atoms. The topological polar surface area (TPSA) is 55.1 Å². The summed E-state index contributed by atoms with van der Waals surface area (Å²) in [4.78, 5) is 16.8. The zero-order valence-corrected chi connectivity index (χ0v) is 13.8. The number of hydrogen-bond donors (Lipinski definition) is 1. The van der Waals surface area contributed by atoms with Crippen LogP contribution < -0.4 is 5.32 Å². The van der Waals surface area contributed by atoms with Crippen molar-refractivity contribution in [1.82, 2.24) is 4.98 Å². The van der Waals surface area contributed by atoms with E-state index in [1.54, 1.807) is 17.4 Å². The summed E-state index contributed by atoms with van der Waals surface area (Å²) in [7, 11) is 0. The third-order valence-corrected chi connectivity index (χ3v) is 4.48. The number of aryl methyl sites for hydroxylation is 1.